The Kier molecular flexibility index (Phi) is 4.35. The summed E-state index contributed by atoms with van der Waals surface area (Å²) in [5, 5.41) is 3.38. The minimum atomic E-state index is -0.157. The van der Waals surface area contributed by atoms with Gasteiger partial charge in [0.2, 0.25) is 0 Å². The first-order chi connectivity index (χ1) is 9.34. The fourth-order valence-corrected chi connectivity index (χ4v) is 3.43. The number of carbonyl (C=O) groups excluding carboxylic acids is 1. The number of hydrogen-bond donors (Lipinski definition) is 1. The molecule has 2 unspecified atom stereocenters. The average molecular weight is 267 g/mol. The van der Waals surface area contributed by atoms with Gasteiger partial charge in [-0.25, -0.2) is 0 Å². The van der Waals surface area contributed by atoms with Crippen molar-refractivity contribution in [3.05, 3.63) is 0 Å². The molecule has 2 atom stereocenters. The predicted molar refractivity (Wildman–Crippen MR) is 73.0 cm³/mol. The Balaban J connectivity index is 1.51. The van der Waals surface area contributed by atoms with E-state index in [1.165, 1.54) is 0 Å². The maximum absolute atomic E-state index is 12.4. The van der Waals surface area contributed by atoms with Crippen molar-refractivity contribution < 1.29 is 9.53 Å². The van der Waals surface area contributed by atoms with Gasteiger partial charge in [0.1, 0.15) is 6.10 Å². The molecule has 5 heteroatoms. The van der Waals surface area contributed by atoms with Crippen molar-refractivity contribution in [3.63, 3.8) is 0 Å². The largest absolute Gasteiger partial charge is 0.368 e. The Labute approximate surface area is 115 Å². The molecular weight excluding hydrogens is 242 g/mol. The van der Waals surface area contributed by atoms with Crippen molar-refractivity contribution >= 4 is 5.91 Å². The lowest BCUT2D eigenvalue weighted by Crippen LogP contribution is -2.50. The fraction of sp³-hybridized carbons (Fsp3) is 0.929. The van der Waals surface area contributed by atoms with Crippen LogP contribution in [0.2, 0.25) is 0 Å². The summed E-state index contributed by atoms with van der Waals surface area (Å²) >= 11 is 0. The Bertz CT molecular complexity index is 312. The smallest absolute Gasteiger partial charge is 0.251 e. The monoisotopic (exact) mass is 267 g/mol. The summed E-state index contributed by atoms with van der Waals surface area (Å²) in [6, 6.07) is 0.564. The van der Waals surface area contributed by atoms with Crippen molar-refractivity contribution in [2.24, 2.45) is 0 Å². The molecule has 0 spiro atoms. The van der Waals surface area contributed by atoms with Crippen LogP contribution in [-0.2, 0) is 9.53 Å². The molecule has 0 aromatic carbocycles. The highest BCUT2D eigenvalue weighted by Gasteiger charge is 2.34. The molecule has 1 N–H and O–H groups in total. The zero-order valence-electron chi connectivity index (χ0n) is 11.6. The lowest BCUT2D eigenvalue weighted by molar-refractivity contribution is -0.145. The van der Waals surface area contributed by atoms with Crippen LogP contribution in [0.3, 0.4) is 0 Å². The summed E-state index contributed by atoms with van der Waals surface area (Å²) in [5.41, 5.74) is 0. The molecule has 0 aromatic rings. The van der Waals surface area contributed by atoms with E-state index >= 15 is 0 Å². The zero-order valence-corrected chi connectivity index (χ0v) is 11.6. The van der Waals surface area contributed by atoms with Gasteiger partial charge >= 0.3 is 0 Å². The number of amides is 1. The third-order valence-corrected chi connectivity index (χ3v) is 4.60. The van der Waals surface area contributed by atoms with E-state index in [9.17, 15) is 4.79 Å². The predicted octanol–water partition coefficient (Wildman–Crippen LogP) is 0.0616. The third-order valence-electron chi connectivity index (χ3n) is 4.60. The van der Waals surface area contributed by atoms with Gasteiger partial charge in [-0.05, 0) is 25.7 Å². The first kappa shape index (κ1) is 13.3. The van der Waals surface area contributed by atoms with Crippen LogP contribution >= 0.6 is 0 Å². The van der Waals surface area contributed by atoms with Gasteiger partial charge in [-0.3, -0.25) is 9.69 Å². The standard InChI is InChI=1S/C14H25N3O2/c18-14(13-3-1-2-10-19-13)17-7-4-12(11-17)16-8-5-15-6-9-16/h12-13,15H,1-11H2. The average Bonchev–Trinajstić information content (AvgIpc) is 2.98. The van der Waals surface area contributed by atoms with Gasteiger partial charge in [0.15, 0.2) is 0 Å². The van der Waals surface area contributed by atoms with Gasteiger partial charge in [0.25, 0.3) is 5.91 Å². The van der Waals surface area contributed by atoms with Crippen molar-refractivity contribution in [1.82, 2.24) is 15.1 Å². The molecule has 0 aromatic heterocycles. The molecule has 1 amide bonds. The molecule has 3 fully saturated rings. The number of carbonyl (C=O) groups is 1. The topological polar surface area (TPSA) is 44.8 Å². The third kappa shape index (κ3) is 3.09. The van der Waals surface area contributed by atoms with Crippen LogP contribution in [0.25, 0.3) is 0 Å². The Morgan fingerprint density at radius 1 is 1.11 bits per heavy atom. The molecule has 0 saturated carbocycles. The highest BCUT2D eigenvalue weighted by atomic mass is 16.5. The minimum Gasteiger partial charge on any atom is -0.368 e. The Hall–Kier alpha value is -0.650. The van der Waals surface area contributed by atoms with Gasteiger partial charge in [-0.1, -0.05) is 0 Å². The van der Waals surface area contributed by atoms with Crippen LogP contribution in [0.5, 0.6) is 0 Å². The lowest BCUT2D eigenvalue weighted by Gasteiger charge is -2.33. The molecule has 0 aliphatic carbocycles. The molecule has 3 aliphatic rings. The van der Waals surface area contributed by atoms with Gasteiger partial charge in [0.05, 0.1) is 0 Å². The fourth-order valence-electron chi connectivity index (χ4n) is 3.43. The molecule has 108 valence electrons. The molecular formula is C14H25N3O2. The second kappa shape index (κ2) is 6.20. The highest BCUT2D eigenvalue weighted by molar-refractivity contribution is 5.81. The van der Waals surface area contributed by atoms with E-state index in [1.54, 1.807) is 0 Å². The first-order valence-electron chi connectivity index (χ1n) is 7.70. The van der Waals surface area contributed by atoms with Crippen molar-refractivity contribution in [2.75, 3.05) is 45.9 Å². The summed E-state index contributed by atoms with van der Waals surface area (Å²) in [7, 11) is 0. The van der Waals surface area contributed by atoms with E-state index in [-0.39, 0.29) is 12.0 Å². The van der Waals surface area contributed by atoms with Crippen LogP contribution in [0.1, 0.15) is 25.7 Å². The molecule has 5 nitrogen and oxygen atoms in total. The number of nitrogens with one attached hydrogen (secondary N) is 1. The molecule has 3 aliphatic heterocycles. The van der Waals surface area contributed by atoms with Gasteiger partial charge < -0.3 is 15.0 Å². The second-order valence-electron chi connectivity index (χ2n) is 5.87. The van der Waals surface area contributed by atoms with Gasteiger partial charge in [-0.15, -0.1) is 0 Å². The lowest BCUT2D eigenvalue weighted by atomic mass is 10.1. The quantitative estimate of drug-likeness (QED) is 0.768. The van der Waals surface area contributed by atoms with Crippen LogP contribution in [0.4, 0.5) is 0 Å². The number of nitrogens with zero attached hydrogens (tertiary/aromatic N) is 2. The maximum Gasteiger partial charge on any atom is 0.251 e. The first-order valence-corrected chi connectivity index (χ1v) is 7.70. The van der Waals surface area contributed by atoms with E-state index in [4.69, 9.17) is 4.74 Å². The molecule has 3 heterocycles. The summed E-state index contributed by atoms with van der Waals surface area (Å²) in [6.45, 7) is 6.96. The highest BCUT2D eigenvalue weighted by Crippen LogP contribution is 2.21. The summed E-state index contributed by atoms with van der Waals surface area (Å²) in [6.07, 6.45) is 4.11. The zero-order chi connectivity index (χ0) is 13.1. The normalized spacial score (nSPS) is 33.6. The maximum atomic E-state index is 12.4. The molecule has 0 bridgehead atoms. The van der Waals surface area contributed by atoms with Crippen molar-refractivity contribution in [2.45, 2.75) is 37.8 Å². The van der Waals surface area contributed by atoms with E-state index in [0.29, 0.717) is 6.04 Å². The number of ether oxygens (including phenoxy) is 1. The number of hydrogen-bond acceptors (Lipinski definition) is 4. The minimum absolute atomic E-state index is 0.157. The Morgan fingerprint density at radius 3 is 2.68 bits per heavy atom. The van der Waals surface area contributed by atoms with Crippen molar-refractivity contribution in [3.8, 4) is 0 Å². The summed E-state index contributed by atoms with van der Waals surface area (Å²) in [5.74, 6) is 0.234. The molecule has 0 radical (unpaired) electrons. The second-order valence-corrected chi connectivity index (χ2v) is 5.87. The van der Waals surface area contributed by atoms with Crippen LogP contribution < -0.4 is 5.32 Å². The number of rotatable bonds is 2. The Morgan fingerprint density at radius 2 is 1.95 bits per heavy atom. The molecule has 19 heavy (non-hydrogen) atoms. The number of piperazine rings is 1. The number of likely N-dealkylation sites (tertiary alicyclic amines) is 1. The van der Waals surface area contributed by atoms with E-state index in [2.05, 4.69) is 10.2 Å². The SMILES string of the molecule is O=C(C1CCCCO1)N1CCC(N2CCNCC2)C1. The van der Waals surface area contributed by atoms with Crippen LogP contribution in [-0.4, -0.2) is 73.7 Å². The van der Waals surface area contributed by atoms with E-state index < -0.39 is 0 Å². The summed E-state index contributed by atoms with van der Waals surface area (Å²) in [4.78, 5) is 17.0. The molecule has 3 rings (SSSR count). The van der Waals surface area contributed by atoms with Crippen LogP contribution in [0.15, 0.2) is 0 Å². The molecule has 3 saturated heterocycles. The van der Waals surface area contributed by atoms with Gasteiger partial charge in [-0.2, -0.15) is 0 Å². The van der Waals surface area contributed by atoms with Gasteiger partial charge in [0, 0.05) is 51.9 Å². The van der Waals surface area contributed by atoms with E-state index in [1.807, 2.05) is 4.90 Å². The van der Waals surface area contributed by atoms with Crippen LogP contribution in [0, 0.1) is 0 Å². The summed E-state index contributed by atoms with van der Waals surface area (Å²) < 4.78 is 5.62. The van der Waals surface area contributed by atoms with E-state index in [0.717, 1.165) is 71.6 Å². The van der Waals surface area contributed by atoms with Crippen molar-refractivity contribution in [1.29, 1.82) is 0 Å².